The number of rotatable bonds is 2. The van der Waals surface area contributed by atoms with Crippen molar-refractivity contribution in [2.24, 2.45) is 0 Å². The first-order valence-electron chi connectivity index (χ1n) is 6.04. The van der Waals surface area contributed by atoms with Crippen LogP contribution >= 0.6 is 11.6 Å². The molecule has 0 bridgehead atoms. The van der Waals surface area contributed by atoms with Crippen molar-refractivity contribution in [2.75, 3.05) is 0 Å². The number of hydrogen-bond acceptors (Lipinski definition) is 2. The van der Waals surface area contributed by atoms with Gasteiger partial charge >= 0.3 is 5.97 Å². The summed E-state index contributed by atoms with van der Waals surface area (Å²) in [6.45, 7) is 0. The lowest BCUT2D eigenvalue weighted by atomic mass is 9.99. The van der Waals surface area contributed by atoms with Crippen LogP contribution in [0.1, 0.15) is 10.4 Å². The topological polar surface area (TPSA) is 50.2 Å². The summed E-state index contributed by atoms with van der Waals surface area (Å²) < 4.78 is 0. The van der Waals surface area contributed by atoms with E-state index in [0.29, 0.717) is 5.02 Å². The Labute approximate surface area is 120 Å². The number of halogens is 1. The summed E-state index contributed by atoms with van der Waals surface area (Å²) >= 11 is 6.22. The third-order valence-electron chi connectivity index (χ3n) is 3.15. The van der Waals surface area contributed by atoms with E-state index >= 15 is 0 Å². The van der Waals surface area contributed by atoms with Crippen LogP contribution < -0.4 is 0 Å². The molecule has 4 heteroatoms. The molecule has 1 N–H and O–H groups in total. The fourth-order valence-electron chi connectivity index (χ4n) is 2.20. The van der Waals surface area contributed by atoms with E-state index in [1.807, 2.05) is 30.3 Å². The second-order valence-electron chi connectivity index (χ2n) is 4.38. The molecular formula is C16H10ClNO2. The van der Waals surface area contributed by atoms with E-state index in [1.165, 1.54) is 6.07 Å². The van der Waals surface area contributed by atoms with E-state index in [-0.39, 0.29) is 5.56 Å². The summed E-state index contributed by atoms with van der Waals surface area (Å²) in [5.41, 5.74) is 2.80. The number of pyridine rings is 1. The number of aromatic carboxylic acids is 1. The Hall–Kier alpha value is -2.39. The molecule has 0 saturated carbocycles. The van der Waals surface area contributed by atoms with Gasteiger partial charge in [0, 0.05) is 22.2 Å². The molecule has 0 aliphatic carbocycles. The number of nitrogens with zero attached hydrogens (tertiary/aromatic N) is 1. The molecular weight excluding hydrogens is 274 g/mol. The van der Waals surface area contributed by atoms with Crippen molar-refractivity contribution in [1.82, 2.24) is 4.98 Å². The van der Waals surface area contributed by atoms with E-state index in [4.69, 9.17) is 16.7 Å². The molecule has 3 nitrogen and oxygen atoms in total. The molecule has 0 aliphatic rings. The monoisotopic (exact) mass is 283 g/mol. The van der Waals surface area contributed by atoms with Crippen LogP contribution in [-0.2, 0) is 0 Å². The number of benzene rings is 2. The van der Waals surface area contributed by atoms with Crippen LogP contribution in [0.2, 0.25) is 5.02 Å². The smallest absolute Gasteiger partial charge is 0.335 e. The van der Waals surface area contributed by atoms with Crippen LogP contribution in [0.25, 0.3) is 22.0 Å². The lowest BCUT2D eigenvalue weighted by molar-refractivity contribution is 0.0697. The second-order valence-corrected chi connectivity index (χ2v) is 4.78. The summed E-state index contributed by atoms with van der Waals surface area (Å²) in [5, 5.41) is 10.4. The number of carbonyl (C=O) groups is 1. The Morgan fingerprint density at radius 1 is 1.05 bits per heavy atom. The number of hydrogen-bond donors (Lipinski definition) is 1. The highest BCUT2D eigenvalue weighted by atomic mass is 35.5. The summed E-state index contributed by atoms with van der Waals surface area (Å²) in [5.74, 6) is -0.988. The van der Waals surface area contributed by atoms with Gasteiger partial charge in [-0.05, 0) is 29.8 Å². The van der Waals surface area contributed by atoms with Crippen molar-refractivity contribution < 1.29 is 9.90 Å². The lowest BCUT2D eigenvalue weighted by Crippen LogP contribution is -1.96. The Kier molecular flexibility index (Phi) is 3.12. The zero-order valence-electron chi connectivity index (χ0n) is 10.4. The largest absolute Gasteiger partial charge is 0.478 e. The van der Waals surface area contributed by atoms with Gasteiger partial charge in [-0.15, -0.1) is 0 Å². The van der Waals surface area contributed by atoms with Crippen LogP contribution in [0.15, 0.2) is 54.7 Å². The van der Waals surface area contributed by atoms with Crippen molar-refractivity contribution >= 4 is 28.5 Å². The van der Waals surface area contributed by atoms with Crippen LogP contribution in [0.5, 0.6) is 0 Å². The number of fused-ring (bicyclic) bond motifs is 1. The molecule has 20 heavy (non-hydrogen) atoms. The molecule has 0 unspecified atom stereocenters. The fraction of sp³-hybridized carbons (Fsp3) is 0. The maximum absolute atomic E-state index is 10.9. The number of carboxylic acids is 1. The average Bonchev–Trinajstić information content (AvgIpc) is 2.46. The predicted octanol–water partition coefficient (Wildman–Crippen LogP) is 4.25. The summed E-state index contributed by atoms with van der Waals surface area (Å²) in [7, 11) is 0. The van der Waals surface area contributed by atoms with Gasteiger partial charge in [-0.1, -0.05) is 35.9 Å². The molecule has 0 amide bonds. The molecule has 0 fully saturated rings. The van der Waals surface area contributed by atoms with Crippen LogP contribution in [0.3, 0.4) is 0 Å². The molecule has 0 aliphatic heterocycles. The first-order chi connectivity index (χ1) is 9.66. The standard InChI is InChI=1S/C16H10ClNO2/c17-14-9-10(16(19)20)6-7-12(14)11-3-1-5-15-13(11)4-2-8-18-15/h1-9H,(H,19,20). The molecule has 3 rings (SSSR count). The average molecular weight is 284 g/mol. The van der Waals surface area contributed by atoms with Gasteiger partial charge in [0.1, 0.15) is 0 Å². The van der Waals surface area contributed by atoms with E-state index in [1.54, 1.807) is 18.3 Å². The Morgan fingerprint density at radius 3 is 2.65 bits per heavy atom. The highest BCUT2D eigenvalue weighted by Crippen LogP contribution is 2.33. The van der Waals surface area contributed by atoms with Crippen molar-refractivity contribution in [2.45, 2.75) is 0 Å². The zero-order valence-corrected chi connectivity index (χ0v) is 11.1. The fourth-order valence-corrected chi connectivity index (χ4v) is 2.49. The van der Waals surface area contributed by atoms with Crippen molar-refractivity contribution in [3.8, 4) is 11.1 Å². The Bertz CT molecular complexity index is 809. The SMILES string of the molecule is O=C(O)c1ccc(-c2cccc3ncccc23)c(Cl)c1. The minimum Gasteiger partial charge on any atom is -0.478 e. The maximum atomic E-state index is 10.9. The van der Waals surface area contributed by atoms with E-state index < -0.39 is 5.97 Å². The quantitative estimate of drug-likeness (QED) is 0.765. The van der Waals surface area contributed by atoms with Crippen molar-refractivity contribution in [3.05, 3.63) is 65.3 Å². The van der Waals surface area contributed by atoms with Gasteiger partial charge in [0.05, 0.1) is 11.1 Å². The third-order valence-corrected chi connectivity index (χ3v) is 3.46. The molecule has 0 atom stereocenters. The predicted molar refractivity (Wildman–Crippen MR) is 79.1 cm³/mol. The maximum Gasteiger partial charge on any atom is 0.335 e. The van der Waals surface area contributed by atoms with Gasteiger partial charge in [0.2, 0.25) is 0 Å². The molecule has 1 aromatic heterocycles. The molecule has 98 valence electrons. The van der Waals surface area contributed by atoms with Gasteiger partial charge < -0.3 is 5.11 Å². The molecule has 0 saturated heterocycles. The first kappa shape index (κ1) is 12.6. The normalized spacial score (nSPS) is 10.7. The molecule has 2 aromatic carbocycles. The minimum absolute atomic E-state index is 0.178. The highest BCUT2D eigenvalue weighted by molar-refractivity contribution is 6.34. The minimum atomic E-state index is -0.988. The van der Waals surface area contributed by atoms with Gasteiger partial charge in [-0.3, -0.25) is 4.98 Å². The lowest BCUT2D eigenvalue weighted by Gasteiger charge is -2.09. The Morgan fingerprint density at radius 2 is 1.90 bits per heavy atom. The van der Waals surface area contributed by atoms with Crippen LogP contribution in [-0.4, -0.2) is 16.1 Å². The number of aromatic nitrogens is 1. The highest BCUT2D eigenvalue weighted by Gasteiger charge is 2.11. The molecule has 3 aromatic rings. The van der Waals surface area contributed by atoms with Gasteiger partial charge in [-0.25, -0.2) is 4.79 Å². The first-order valence-corrected chi connectivity index (χ1v) is 6.41. The van der Waals surface area contributed by atoms with Crippen LogP contribution in [0, 0.1) is 0 Å². The summed E-state index contributed by atoms with van der Waals surface area (Å²) in [6.07, 6.45) is 1.74. The third kappa shape index (κ3) is 2.12. The van der Waals surface area contributed by atoms with Gasteiger partial charge in [0.25, 0.3) is 0 Å². The summed E-state index contributed by atoms with van der Waals surface area (Å²) in [4.78, 5) is 15.3. The van der Waals surface area contributed by atoms with Crippen LogP contribution in [0.4, 0.5) is 0 Å². The van der Waals surface area contributed by atoms with E-state index in [0.717, 1.165) is 22.0 Å². The number of carboxylic acid groups (broad SMARTS) is 1. The van der Waals surface area contributed by atoms with Gasteiger partial charge in [-0.2, -0.15) is 0 Å². The second kappa shape index (κ2) is 4.94. The zero-order chi connectivity index (χ0) is 14.1. The van der Waals surface area contributed by atoms with Crippen molar-refractivity contribution in [3.63, 3.8) is 0 Å². The molecule has 1 heterocycles. The molecule has 0 radical (unpaired) electrons. The van der Waals surface area contributed by atoms with E-state index in [9.17, 15) is 4.79 Å². The molecule has 0 spiro atoms. The Balaban J connectivity index is 2.23. The van der Waals surface area contributed by atoms with E-state index in [2.05, 4.69) is 4.98 Å². The summed E-state index contributed by atoms with van der Waals surface area (Å²) in [6, 6.07) is 14.4. The van der Waals surface area contributed by atoms with Crippen molar-refractivity contribution in [1.29, 1.82) is 0 Å². The van der Waals surface area contributed by atoms with Gasteiger partial charge in [0.15, 0.2) is 0 Å².